The first kappa shape index (κ1) is 17.6. The number of nitrogens with one attached hydrogen (secondary N) is 3. The smallest absolute Gasteiger partial charge is 0.269 e. The van der Waals surface area contributed by atoms with E-state index in [2.05, 4.69) is 20.6 Å². The maximum absolute atomic E-state index is 12.4. The highest BCUT2D eigenvalue weighted by Crippen LogP contribution is 2.27. The molecule has 3 rings (SSSR count). The minimum atomic E-state index is -0.808. The second-order valence-corrected chi connectivity index (χ2v) is 6.52. The molecule has 1 aliphatic heterocycles. The van der Waals surface area contributed by atoms with Crippen molar-refractivity contribution in [2.45, 2.75) is 43.9 Å². The largest absolute Gasteiger partial charge is 0.391 e. The number of carbonyl (C=O) groups excluding carboxylic acids is 2. The number of ether oxygens (including phenoxy) is 1. The van der Waals surface area contributed by atoms with Gasteiger partial charge in [-0.1, -0.05) is 0 Å². The molecule has 9 heteroatoms. The van der Waals surface area contributed by atoms with Gasteiger partial charge in [0.1, 0.15) is 5.69 Å². The predicted molar refractivity (Wildman–Crippen MR) is 86.8 cm³/mol. The second-order valence-electron chi connectivity index (χ2n) is 6.52. The molecule has 1 saturated heterocycles. The van der Waals surface area contributed by atoms with E-state index >= 15 is 0 Å². The summed E-state index contributed by atoms with van der Waals surface area (Å²) in [6.07, 6.45) is 3.73. The summed E-state index contributed by atoms with van der Waals surface area (Å²) in [5.41, 5.74) is -0.455. The zero-order valence-corrected chi connectivity index (χ0v) is 13.7. The fraction of sp³-hybridized carbons (Fsp3) is 0.625. The van der Waals surface area contributed by atoms with E-state index < -0.39 is 23.6 Å². The maximum Gasteiger partial charge on any atom is 0.269 e. The van der Waals surface area contributed by atoms with E-state index in [9.17, 15) is 19.5 Å². The number of carbonyl (C=O) groups is 2. The Bertz CT molecular complexity index is 685. The van der Waals surface area contributed by atoms with Gasteiger partial charge in [-0.2, -0.15) is 0 Å². The van der Waals surface area contributed by atoms with Crippen LogP contribution < -0.4 is 16.2 Å². The van der Waals surface area contributed by atoms with Crippen LogP contribution in [0.25, 0.3) is 0 Å². The zero-order chi connectivity index (χ0) is 17.8. The number of hydrogen-bond donors (Lipinski definition) is 4. The molecule has 0 bridgehead atoms. The van der Waals surface area contributed by atoms with Crippen molar-refractivity contribution in [1.29, 1.82) is 0 Å². The zero-order valence-electron chi connectivity index (χ0n) is 13.7. The monoisotopic (exact) mass is 350 g/mol. The predicted octanol–water partition coefficient (Wildman–Crippen LogP) is -1.07. The van der Waals surface area contributed by atoms with Gasteiger partial charge in [0.25, 0.3) is 11.5 Å². The van der Waals surface area contributed by atoms with Crippen LogP contribution in [0.1, 0.15) is 36.2 Å². The van der Waals surface area contributed by atoms with Crippen LogP contribution in [0.4, 0.5) is 0 Å². The Morgan fingerprint density at radius 3 is 2.68 bits per heavy atom. The summed E-state index contributed by atoms with van der Waals surface area (Å²) < 4.78 is 5.27. The fourth-order valence-corrected chi connectivity index (χ4v) is 3.28. The summed E-state index contributed by atoms with van der Waals surface area (Å²) in [5, 5.41) is 15.8. The molecule has 2 heterocycles. The lowest BCUT2D eigenvalue weighted by molar-refractivity contribution is -0.126. The molecule has 0 spiro atoms. The molecule has 0 aromatic carbocycles. The number of amides is 2. The molecule has 1 aromatic heterocycles. The van der Waals surface area contributed by atoms with Gasteiger partial charge in [0.15, 0.2) is 0 Å². The van der Waals surface area contributed by atoms with Gasteiger partial charge in [0.2, 0.25) is 5.91 Å². The molecule has 4 N–H and O–H groups in total. The van der Waals surface area contributed by atoms with Crippen LogP contribution in [0.15, 0.2) is 17.2 Å². The SMILES string of the molecule is O=C(N[C@@H]1C[C@H](C(=O)NC2CCOCC2)C[C@H]1O)c1cncc(=O)[nH]1. The van der Waals surface area contributed by atoms with Gasteiger partial charge >= 0.3 is 0 Å². The van der Waals surface area contributed by atoms with E-state index in [0.717, 1.165) is 19.0 Å². The Kier molecular flexibility index (Phi) is 5.44. The van der Waals surface area contributed by atoms with Gasteiger partial charge < -0.3 is 25.5 Å². The minimum Gasteiger partial charge on any atom is -0.391 e. The van der Waals surface area contributed by atoms with Gasteiger partial charge in [-0.25, -0.2) is 0 Å². The van der Waals surface area contributed by atoms with Gasteiger partial charge in [0.05, 0.1) is 24.5 Å². The van der Waals surface area contributed by atoms with Gasteiger partial charge in [-0.15, -0.1) is 0 Å². The first-order valence-electron chi connectivity index (χ1n) is 8.44. The van der Waals surface area contributed by atoms with Gasteiger partial charge in [-0.05, 0) is 25.7 Å². The Labute approximate surface area is 144 Å². The summed E-state index contributed by atoms with van der Waals surface area (Å²) in [6.45, 7) is 1.28. The molecule has 2 fully saturated rings. The van der Waals surface area contributed by atoms with Crippen molar-refractivity contribution >= 4 is 11.8 Å². The average Bonchev–Trinajstić information content (AvgIpc) is 2.96. The number of aromatic amines is 1. The molecule has 25 heavy (non-hydrogen) atoms. The third kappa shape index (κ3) is 4.43. The standard InChI is InChI=1S/C16H22N4O5/c21-13-6-9(15(23)18-10-1-3-25-4-2-10)5-11(13)20-16(24)12-7-17-8-14(22)19-12/h7-11,13,21H,1-6H2,(H,18,23)(H,19,22)(H,20,24)/t9-,11+,13+/m0/s1. The normalized spacial score (nSPS) is 27.0. The van der Waals surface area contributed by atoms with Crippen LogP contribution in [0, 0.1) is 5.92 Å². The molecule has 2 aliphatic rings. The fourth-order valence-electron chi connectivity index (χ4n) is 3.28. The number of aliphatic hydroxyl groups excluding tert-OH is 1. The molecule has 0 radical (unpaired) electrons. The van der Waals surface area contributed by atoms with Crippen molar-refractivity contribution in [3.63, 3.8) is 0 Å². The molecule has 1 aromatic rings. The van der Waals surface area contributed by atoms with Gasteiger partial charge in [0, 0.05) is 25.2 Å². The van der Waals surface area contributed by atoms with Crippen LogP contribution in [0.5, 0.6) is 0 Å². The van der Waals surface area contributed by atoms with Crippen LogP contribution in [0.3, 0.4) is 0 Å². The summed E-state index contributed by atoms with van der Waals surface area (Å²) in [5.74, 6) is -0.978. The van der Waals surface area contributed by atoms with Crippen LogP contribution in [0.2, 0.25) is 0 Å². The highest BCUT2D eigenvalue weighted by Gasteiger charge is 2.38. The van der Waals surface area contributed by atoms with Crippen molar-refractivity contribution in [1.82, 2.24) is 20.6 Å². The third-order valence-corrected chi connectivity index (χ3v) is 4.68. The number of aromatic nitrogens is 2. The number of aliphatic hydroxyl groups is 1. The van der Waals surface area contributed by atoms with Crippen LogP contribution in [-0.4, -0.2) is 58.3 Å². The number of nitrogens with zero attached hydrogens (tertiary/aromatic N) is 1. The molecule has 1 aliphatic carbocycles. The Balaban J connectivity index is 1.54. The lowest BCUT2D eigenvalue weighted by Gasteiger charge is -2.24. The maximum atomic E-state index is 12.4. The van der Waals surface area contributed by atoms with Crippen LogP contribution in [-0.2, 0) is 9.53 Å². The van der Waals surface area contributed by atoms with Crippen LogP contribution >= 0.6 is 0 Å². The molecule has 3 atom stereocenters. The average molecular weight is 350 g/mol. The number of hydrogen-bond acceptors (Lipinski definition) is 6. The molecule has 136 valence electrons. The molecular formula is C16H22N4O5. The van der Waals surface area contributed by atoms with Crippen molar-refractivity contribution < 1.29 is 19.4 Å². The van der Waals surface area contributed by atoms with Crippen molar-refractivity contribution in [2.24, 2.45) is 5.92 Å². The van der Waals surface area contributed by atoms with Crippen molar-refractivity contribution in [3.05, 3.63) is 28.4 Å². The third-order valence-electron chi connectivity index (χ3n) is 4.68. The lowest BCUT2D eigenvalue weighted by Crippen LogP contribution is -2.42. The first-order chi connectivity index (χ1) is 12.0. The van der Waals surface area contributed by atoms with Crippen molar-refractivity contribution in [2.75, 3.05) is 13.2 Å². The Morgan fingerprint density at radius 1 is 1.20 bits per heavy atom. The molecule has 1 saturated carbocycles. The minimum absolute atomic E-state index is 0.0230. The quantitative estimate of drug-likeness (QED) is 0.547. The first-order valence-corrected chi connectivity index (χ1v) is 8.44. The summed E-state index contributed by atoms with van der Waals surface area (Å²) in [7, 11) is 0. The Morgan fingerprint density at radius 2 is 1.96 bits per heavy atom. The highest BCUT2D eigenvalue weighted by molar-refractivity contribution is 5.92. The topological polar surface area (TPSA) is 133 Å². The van der Waals surface area contributed by atoms with E-state index in [1.807, 2.05) is 0 Å². The molecular weight excluding hydrogens is 328 g/mol. The number of H-pyrrole nitrogens is 1. The number of rotatable bonds is 4. The molecule has 2 amide bonds. The molecule has 9 nitrogen and oxygen atoms in total. The molecule has 0 unspecified atom stereocenters. The van der Waals surface area contributed by atoms with Gasteiger partial charge in [-0.3, -0.25) is 19.4 Å². The van der Waals surface area contributed by atoms with Crippen molar-refractivity contribution in [3.8, 4) is 0 Å². The lowest BCUT2D eigenvalue weighted by atomic mass is 10.0. The summed E-state index contributed by atoms with van der Waals surface area (Å²) >= 11 is 0. The van der Waals surface area contributed by atoms with E-state index in [-0.39, 0.29) is 23.6 Å². The van der Waals surface area contributed by atoms with E-state index in [4.69, 9.17) is 4.74 Å². The highest BCUT2D eigenvalue weighted by atomic mass is 16.5. The summed E-state index contributed by atoms with van der Waals surface area (Å²) in [4.78, 5) is 41.8. The van der Waals surface area contributed by atoms with E-state index in [0.29, 0.717) is 26.1 Å². The van der Waals surface area contributed by atoms with E-state index in [1.54, 1.807) is 0 Å². The Hall–Kier alpha value is -2.26. The summed E-state index contributed by atoms with van der Waals surface area (Å²) in [6, 6.07) is -0.436. The van der Waals surface area contributed by atoms with E-state index in [1.165, 1.54) is 6.20 Å². The second kappa shape index (κ2) is 7.75.